The fourth-order valence-electron chi connectivity index (χ4n) is 2.82. The van der Waals surface area contributed by atoms with Crippen molar-refractivity contribution in [3.05, 3.63) is 82.8 Å². The third kappa shape index (κ3) is 5.82. The molecule has 0 amide bonds. The molecule has 0 fully saturated rings. The summed E-state index contributed by atoms with van der Waals surface area (Å²) >= 11 is 0. The zero-order chi connectivity index (χ0) is 22.2. The number of rotatable bonds is 9. The van der Waals surface area contributed by atoms with Crippen LogP contribution in [0.4, 0.5) is 0 Å². The highest BCUT2D eigenvalue weighted by molar-refractivity contribution is 5.98. The molecule has 0 N–H and O–H groups in total. The molecule has 0 radical (unpaired) electrons. The molecule has 0 spiro atoms. The maximum atomic E-state index is 12.0. The van der Waals surface area contributed by atoms with Gasteiger partial charge in [0.2, 0.25) is 0 Å². The first-order valence-corrected chi connectivity index (χ1v) is 9.63. The fourth-order valence-corrected chi connectivity index (χ4v) is 2.82. The second-order valence-electron chi connectivity index (χ2n) is 6.73. The van der Waals surface area contributed by atoms with Crippen molar-refractivity contribution in [3.63, 3.8) is 0 Å². The van der Waals surface area contributed by atoms with Crippen molar-refractivity contribution in [2.24, 2.45) is 0 Å². The number of esters is 1. The first kappa shape index (κ1) is 21.8. The van der Waals surface area contributed by atoms with Crippen LogP contribution in [0.2, 0.25) is 0 Å². The highest BCUT2D eigenvalue weighted by Crippen LogP contribution is 2.30. The van der Waals surface area contributed by atoms with Crippen molar-refractivity contribution in [2.45, 2.75) is 20.5 Å². The van der Waals surface area contributed by atoms with E-state index in [0.29, 0.717) is 35.0 Å². The molecule has 1 heterocycles. The Morgan fingerprint density at radius 1 is 1.06 bits per heavy atom. The lowest BCUT2D eigenvalue weighted by molar-refractivity contribution is -0.136. The average molecular weight is 421 g/mol. The zero-order valence-corrected chi connectivity index (χ0v) is 17.6. The molecule has 0 aliphatic carbocycles. The number of benzene rings is 2. The van der Waals surface area contributed by atoms with E-state index in [4.69, 9.17) is 18.7 Å². The fraction of sp³-hybridized carbons (Fsp3) is 0.208. The summed E-state index contributed by atoms with van der Waals surface area (Å²) in [6, 6.07) is 13.9. The molecular formula is C24H23NO6. The summed E-state index contributed by atoms with van der Waals surface area (Å²) in [5.74, 6) is 0.906. The first-order chi connectivity index (χ1) is 15.0. The Hall–Kier alpha value is -3.87. The van der Waals surface area contributed by atoms with E-state index >= 15 is 0 Å². The van der Waals surface area contributed by atoms with Crippen LogP contribution in [0, 0.1) is 13.8 Å². The molecular weight excluding hydrogens is 398 g/mol. The molecule has 7 nitrogen and oxygen atoms in total. The third-order valence-corrected chi connectivity index (χ3v) is 4.59. The lowest BCUT2D eigenvalue weighted by Gasteiger charge is -2.11. The zero-order valence-electron chi connectivity index (χ0n) is 17.6. The molecule has 0 aliphatic heterocycles. The molecule has 160 valence electrons. The van der Waals surface area contributed by atoms with Gasteiger partial charge in [-0.3, -0.25) is 4.79 Å². The number of hydrogen-bond donors (Lipinski definition) is 0. The number of carbonyl (C=O) groups is 2. The van der Waals surface area contributed by atoms with E-state index < -0.39 is 5.97 Å². The lowest BCUT2D eigenvalue weighted by Crippen LogP contribution is -2.12. The molecule has 0 unspecified atom stereocenters. The van der Waals surface area contributed by atoms with Crippen LogP contribution >= 0.6 is 0 Å². The van der Waals surface area contributed by atoms with Crippen molar-refractivity contribution in [1.82, 2.24) is 5.16 Å². The van der Waals surface area contributed by atoms with Gasteiger partial charge in [0.15, 0.2) is 23.9 Å². The Morgan fingerprint density at radius 2 is 1.84 bits per heavy atom. The summed E-state index contributed by atoms with van der Waals surface area (Å²) in [4.78, 5) is 23.9. The van der Waals surface area contributed by atoms with Gasteiger partial charge in [-0.25, -0.2) is 4.79 Å². The van der Waals surface area contributed by atoms with Crippen molar-refractivity contribution < 1.29 is 28.3 Å². The molecule has 1 aromatic heterocycles. The van der Waals surface area contributed by atoms with E-state index in [1.165, 1.54) is 13.2 Å². The number of nitrogens with zero attached hydrogens (tertiary/aromatic N) is 1. The number of carbonyl (C=O) groups excluding carboxylic acids is 2. The van der Waals surface area contributed by atoms with Crippen molar-refractivity contribution >= 4 is 17.8 Å². The van der Waals surface area contributed by atoms with Crippen LogP contribution in [0.15, 0.2) is 59.1 Å². The number of aromatic nitrogens is 1. The van der Waals surface area contributed by atoms with E-state index in [9.17, 15) is 9.59 Å². The number of ketones is 1. The Balaban J connectivity index is 1.58. The maximum Gasteiger partial charge on any atom is 0.331 e. The monoisotopic (exact) mass is 421 g/mol. The highest BCUT2D eigenvalue weighted by Gasteiger charge is 2.12. The van der Waals surface area contributed by atoms with Gasteiger partial charge in [-0.15, -0.1) is 0 Å². The largest absolute Gasteiger partial charge is 0.493 e. The number of hydrogen-bond acceptors (Lipinski definition) is 7. The Labute approximate surface area is 180 Å². The first-order valence-electron chi connectivity index (χ1n) is 9.63. The molecule has 0 bridgehead atoms. The summed E-state index contributed by atoms with van der Waals surface area (Å²) in [6.45, 7) is 3.67. The molecule has 3 rings (SSSR count). The van der Waals surface area contributed by atoms with Gasteiger partial charge < -0.3 is 18.7 Å². The molecule has 7 heteroatoms. The number of Topliss-reactive ketones (excluding diaryl/α,β-unsaturated/α-hetero) is 1. The molecule has 0 saturated carbocycles. The molecule has 0 atom stereocenters. The van der Waals surface area contributed by atoms with Crippen LogP contribution in [-0.4, -0.2) is 30.6 Å². The molecule has 31 heavy (non-hydrogen) atoms. The molecule has 2 aromatic carbocycles. The smallest absolute Gasteiger partial charge is 0.331 e. The number of methoxy groups -OCH3 is 1. The van der Waals surface area contributed by atoms with Gasteiger partial charge in [-0.05, 0) is 37.6 Å². The predicted octanol–water partition coefficient (Wildman–Crippen LogP) is 4.32. The van der Waals surface area contributed by atoms with E-state index in [2.05, 4.69) is 5.16 Å². The SMILES string of the molecule is COc1cc(/C=C/C(=O)OCC(=O)c2ccccc2)ccc1OCc1c(C)noc1C. The number of ether oxygens (including phenoxy) is 3. The normalized spacial score (nSPS) is 10.8. The van der Waals surface area contributed by atoms with Gasteiger partial charge in [-0.2, -0.15) is 0 Å². The highest BCUT2D eigenvalue weighted by atomic mass is 16.5. The second kappa shape index (κ2) is 10.2. The summed E-state index contributed by atoms with van der Waals surface area (Å²) in [5.41, 5.74) is 2.88. The summed E-state index contributed by atoms with van der Waals surface area (Å²) in [7, 11) is 1.54. The Kier molecular flexibility index (Phi) is 7.22. The van der Waals surface area contributed by atoms with Gasteiger partial charge in [0.25, 0.3) is 0 Å². The summed E-state index contributed by atoms with van der Waals surface area (Å²) in [6.07, 6.45) is 2.84. The van der Waals surface area contributed by atoms with Crippen molar-refractivity contribution in [3.8, 4) is 11.5 Å². The van der Waals surface area contributed by atoms with E-state index in [1.54, 1.807) is 48.5 Å². The molecule has 3 aromatic rings. The van der Waals surface area contributed by atoms with Gasteiger partial charge in [0, 0.05) is 11.6 Å². The average Bonchev–Trinajstić information content (AvgIpc) is 3.12. The van der Waals surface area contributed by atoms with Crippen LogP contribution in [0.25, 0.3) is 6.08 Å². The van der Waals surface area contributed by atoms with Crippen LogP contribution < -0.4 is 9.47 Å². The van der Waals surface area contributed by atoms with Gasteiger partial charge >= 0.3 is 5.97 Å². The van der Waals surface area contributed by atoms with E-state index in [0.717, 1.165) is 11.3 Å². The minimum Gasteiger partial charge on any atom is -0.493 e. The van der Waals surface area contributed by atoms with Crippen LogP contribution in [0.3, 0.4) is 0 Å². The van der Waals surface area contributed by atoms with Gasteiger partial charge in [0.1, 0.15) is 12.4 Å². The Bertz CT molecular complexity index is 1070. The standard InChI is InChI=1S/C24H23NO6/c1-16-20(17(2)31-25-16)14-29-22-11-9-18(13-23(22)28-3)10-12-24(27)30-15-21(26)19-7-5-4-6-8-19/h4-13H,14-15H2,1-3H3/b12-10+. The lowest BCUT2D eigenvalue weighted by atomic mass is 10.1. The minimum atomic E-state index is -0.609. The Morgan fingerprint density at radius 3 is 2.52 bits per heavy atom. The third-order valence-electron chi connectivity index (χ3n) is 4.59. The van der Waals surface area contributed by atoms with E-state index in [-0.39, 0.29) is 12.4 Å². The topological polar surface area (TPSA) is 87.9 Å². The van der Waals surface area contributed by atoms with Crippen LogP contribution in [-0.2, 0) is 16.1 Å². The van der Waals surface area contributed by atoms with Crippen LogP contribution in [0.1, 0.15) is 32.9 Å². The van der Waals surface area contributed by atoms with Crippen LogP contribution in [0.5, 0.6) is 11.5 Å². The van der Waals surface area contributed by atoms with Crippen molar-refractivity contribution in [2.75, 3.05) is 13.7 Å². The predicted molar refractivity (Wildman–Crippen MR) is 114 cm³/mol. The molecule has 0 saturated heterocycles. The maximum absolute atomic E-state index is 12.0. The second-order valence-corrected chi connectivity index (χ2v) is 6.73. The molecule has 0 aliphatic rings. The van der Waals surface area contributed by atoms with Gasteiger partial charge in [0.05, 0.1) is 18.4 Å². The quantitative estimate of drug-likeness (QED) is 0.289. The van der Waals surface area contributed by atoms with Crippen molar-refractivity contribution in [1.29, 1.82) is 0 Å². The summed E-state index contributed by atoms with van der Waals surface area (Å²) < 4.78 is 21.4. The summed E-state index contributed by atoms with van der Waals surface area (Å²) in [5, 5.41) is 3.91. The van der Waals surface area contributed by atoms with E-state index in [1.807, 2.05) is 19.9 Å². The van der Waals surface area contributed by atoms with Gasteiger partial charge in [-0.1, -0.05) is 41.6 Å². The minimum absolute atomic E-state index is 0.260. The number of aryl methyl sites for hydroxylation is 2.